The summed E-state index contributed by atoms with van der Waals surface area (Å²) in [5, 5.41) is 11.2. The van der Waals surface area contributed by atoms with Gasteiger partial charge in [0.1, 0.15) is 0 Å². The van der Waals surface area contributed by atoms with Gasteiger partial charge >= 0.3 is 0 Å². The van der Waals surface area contributed by atoms with Gasteiger partial charge in [-0.3, -0.25) is 0 Å². The second kappa shape index (κ2) is 8.02. The van der Waals surface area contributed by atoms with E-state index in [4.69, 9.17) is 10.7 Å². The quantitative estimate of drug-likeness (QED) is 0.489. The van der Waals surface area contributed by atoms with E-state index in [-0.39, 0.29) is 5.88 Å². The number of hydrogen-bond acceptors (Lipinski definition) is 4. The van der Waals surface area contributed by atoms with Gasteiger partial charge in [0.25, 0.3) is 0 Å². The molecule has 0 saturated carbocycles. The van der Waals surface area contributed by atoms with Crippen molar-refractivity contribution in [3.8, 4) is 28.3 Å². The smallest absolute Gasteiger partial charge is 0.220 e. The molecule has 0 unspecified atom stereocenters. The lowest BCUT2D eigenvalue weighted by Crippen LogP contribution is -2.00. The Hall–Kier alpha value is -3.24. The minimum atomic E-state index is 0.0159. The maximum atomic E-state index is 10.5. The van der Waals surface area contributed by atoms with Gasteiger partial charge in [0, 0.05) is 23.9 Å². The van der Waals surface area contributed by atoms with E-state index in [0.717, 1.165) is 45.4 Å². The van der Waals surface area contributed by atoms with Gasteiger partial charge in [0.15, 0.2) is 0 Å². The predicted octanol–water partition coefficient (Wildman–Crippen LogP) is 5.33. The number of hydrogen-bond donors (Lipinski definition) is 2. The Balaban J connectivity index is 2.01. The number of nitrogens with two attached hydrogens (primary N) is 1. The Morgan fingerprint density at radius 2 is 1.69 bits per heavy atom. The molecule has 0 atom stereocenters. The van der Waals surface area contributed by atoms with Crippen LogP contribution in [0.2, 0.25) is 0 Å². The van der Waals surface area contributed by atoms with Crippen LogP contribution in [0.25, 0.3) is 33.3 Å². The van der Waals surface area contributed by atoms with Crippen LogP contribution < -0.4 is 5.73 Å². The van der Waals surface area contributed by atoms with E-state index in [0.29, 0.717) is 17.8 Å². The standard InChI is InChI=1S/C25H25N3O/c1-16(2)12-20-15-27-25(29)22-13-21(18-6-4-3-5-7-18)23(28-24(20)22)19-10-8-17(14-26)9-11-19/h3-11,13,15-16H,12,14,26H2,1-2H3,(H,27,29). The van der Waals surface area contributed by atoms with Crippen molar-refractivity contribution < 1.29 is 5.11 Å². The van der Waals surface area contributed by atoms with Crippen molar-refractivity contribution in [3.63, 3.8) is 0 Å². The first-order chi connectivity index (χ1) is 14.1. The van der Waals surface area contributed by atoms with E-state index >= 15 is 0 Å². The lowest BCUT2D eigenvalue weighted by molar-refractivity contribution is 0.459. The minimum absolute atomic E-state index is 0.0159. The van der Waals surface area contributed by atoms with Crippen molar-refractivity contribution in [3.05, 3.63) is 78.0 Å². The molecule has 146 valence electrons. The van der Waals surface area contributed by atoms with Crippen molar-refractivity contribution in [2.45, 2.75) is 26.8 Å². The van der Waals surface area contributed by atoms with Crippen LogP contribution in [-0.4, -0.2) is 15.1 Å². The number of aromatic hydroxyl groups is 1. The third-order valence-electron chi connectivity index (χ3n) is 5.09. The highest BCUT2D eigenvalue weighted by Gasteiger charge is 2.16. The number of rotatable bonds is 5. The minimum Gasteiger partial charge on any atom is -0.493 e. The van der Waals surface area contributed by atoms with Crippen molar-refractivity contribution in [1.29, 1.82) is 0 Å². The molecule has 0 saturated heterocycles. The van der Waals surface area contributed by atoms with Gasteiger partial charge in [0.2, 0.25) is 5.88 Å². The number of fused-ring (bicyclic) bond motifs is 1. The molecule has 4 aromatic rings. The van der Waals surface area contributed by atoms with E-state index in [9.17, 15) is 5.11 Å². The van der Waals surface area contributed by atoms with Crippen molar-refractivity contribution in [2.75, 3.05) is 0 Å². The average Bonchev–Trinajstić information content (AvgIpc) is 2.75. The first-order valence-electron chi connectivity index (χ1n) is 9.93. The molecule has 2 heterocycles. The van der Waals surface area contributed by atoms with Crippen LogP contribution in [0.5, 0.6) is 5.88 Å². The summed E-state index contributed by atoms with van der Waals surface area (Å²) in [4.78, 5) is 9.28. The first kappa shape index (κ1) is 19.1. The molecular formula is C25H25N3O. The maximum Gasteiger partial charge on any atom is 0.220 e. The second-order valence-corrected chi connectivity index (χ2v) is 7.75. The highest BCUT2D eigenvalue weighted by Crippen LogP contribution is 2.36. The third kappa shape index (κ3) is 3.84. The van der Waals surface area contributed by atoms with Gasteiger partial charge < -0.3 is 10.8 Å². The zero-order valence-electron chi connectivity index (χ0n) is 16.8. The molecule has 2 aromatic carbocycles. The molecule has 0 aliphatic carbocycles. The molecule has 2 aromatic heterocycles. The van der Waals surface area contributed by atoms with Gasteiger partial charge in [-0.15, -0.1) is 0 Å². The van der Waals surface area contributed by atoms with Gasteiger partial charge in [-0.05, 0) is 35.1 Å². The molecule has 29 heavy (non-hydrogen) atoms. The van der Waals surface area contributed by atoms with E-state index in [1.54, 1.807) is 6.20 Å². The van der Waals surface area contributed by atoms with Gasteiger partial charge in [-0.25, -0.2) is 9.97 Å². The zero-order chi connectivity index (χ0) is 20.4. The summed E-state index contributed by atoms with van der Waals surface area (Å²) in [6.07, 6.45) is 2.60. The topological polar surface area (TPSA) is 72.0 Å². The van der Waals surface area contributed by atoms with Crippen molar-refractivity contribution in [1.82, 2.24) is 9.97 Å². The summed E-state index contributed by atoms with van der Waals surface area (Å²) in [5.74, 6) is 0.481. The van der Waals surface area contributed by atoms with Crippen LogP contribution in [0.3, 0.4) is 0 Å². The summed E-state index contributed by atoms with van der Waals surface area (Å²) < 4.78 is 0. The van der Waals surface area contributed by atoms with Crippen LogP contribution in [0.4, 0.5) is 0 Å². The normalized spacial score (nSPS) is 11.3. The molecule has 0 fully saturated rings. The molecule has 0 bridgehead atoms. The molecule has 0 radical (unpaired) electrons. The van der Waals surface area contributed by atoms with Gasteiger partial charge in [0.05, 0.1) is 16.6 Å². The SMILES string of the molecule is CC(C)Cc1cnc(O)c2cc(-c3ccccc3)c(-c3ccc(CN)cc3)nc12. The van der Waals surface area contributed by atoms with Crippen molar-refractivity contribution in [2.24, 2.45) is 11.7 Å². The summed E-state index contributed by atoms with van der Waals surface area (Å²) in [5.41, 5.74) is 12.6. The molecule has 4 heteroatoms. The van der Waals surface area contributed by atoms with E-state index in [1.165, 1.54) is 0 Å². The highest BCUT2D eigenvalue weighted by atomic mass is 16.3. The van der Waals surface area contributed by atoms with Crippen LogP contribution in [-0.2, 0) is 13.0 Å². The number of aromatic nitrogens is 2. The molecule has 4 rings (SSSR count). The Labute approximate surface area is 171 Å². The molecular weight excluding hydrogens is 358 g/mol. The molecule has 0 spiro atoms. The third-order valence-corrected chi connectivity index (χ3v) is 5.09. The average molecular weight is 383 g/mol. The maximum absolute atomic E-state index is 10.5. The summed E-state index contributed by atoms with van der Waals surface area (Å²) in [6.45, 7) is 4.85. The van der Waals surface area contributed by atoms with E-state index < -0.39 is 0 Å². The van der Waals surface area contributed by atoms with Gasteiger partial charge in [-0.1, -0.05) is 68.4 Å². The Bertz CT molecular complexity index is 1140. The van der Waals surface area contributed by atoms with Crippen LogP contribution in [0.15, 0.2) is 66.9 Å². The van der Waals surface area contributed by atoms with Gasteiger partial charge in [-0.2, -0.15) is 0 Å². The monoisotopic (exact) mass is 383 g/mol. The lowest BCUT2D eigenvalue weighted by Gasteiger charge is -2.15. The lowest BCUT2D eigenvalue weighted by atomic mass is 9.95. The Morgan fingerprint density at radius 3 is 2.34 bits per heavy atom. The fraction of sp³-hybridized carbons (Fsp3) is 0.200. The van der Waals surface area contributed by atoms with Crippen LogP contribution >= 0.6 is 0 Å². The Kier molecular flexibility index (Phi) is 5.28. The number of nitrogens with zero attached hydrogens (tertiary/aromatic N) is 2. The predicted molar refractivity (Wildman–Crippen MR) is 119 cm³/mol. The van der Waals surface area contributed by atoms with Crippen LogP contribution in [0.1, 0.15) is 25.0 Å². The fourth-order valence-corrected chi connectivity index (χ4v) is 3.64. The highest BCUT2D eigenvalue weighted by molar-refractivity contribution is 5.95. The molecule has 3 N–H and O–H groups in total. The van der Waals surface area contributed by atoms with Crippen molar-refractivity contribution >= 4 is 10.9 Å². The summed E-state index contributed by atoms with van der Waals surface area (Å²) in [7, 11) is 0. The largest absolute Gasteiger partial charge is 0.493 e. The molecule has 0 aliphatic rings. The molecule has 0 amide bonds. The zero-order valence-corrected chi connectivity index (χ0v) is 16.8. The van der Waals surface area contributed by atoms with Crippen LogP contribution in [0, 0.1) is 5.92 Å². The number of benzene rings is 2. The van der Waals surface area contributed by atoms with E-state index in [2.05, 4.69) is 43.1 Å². The summed E-state index contributed by atoms with van der Waals surface area (Å²) >= 11 is 0. The van der Waals surface area contributed by atoms with E-state index in [1.807, 2.05) is 36.4 Å². The summed E-state index contributed by atoms with van der Waals surface area (Å²) in [6, 6.07) is 20.3. The molecule has 4 nitrogen and oxygen atoms in total. The Morgan fingerprint density at radius 1 is 0.966 bits per heavy atom. The molecule has 0 aliphatic heterocycles. The fourth-order valence-electron chi connectivity index (χ4n) is 3.64. The number of pyridine rings is 2. The second-order valence-electron chi connectivity index (χ2n) is 7.75. The first-order valence-corrected chi connectivity index (χ1v) is 9.93.